The molecular weight excluding hydrogens is 182 g/mol. The third-order valence-electron chi connectivity index (χ3n) is 1.92. The van der Waals surface area contributed by atoms with E-state index in [0.29, 0.717) is 6.42 Å². The quantitative estimate of drug-likeness (QED) is 0.550. The number of nitrogens with one attached hydrogen (secondary N) is 1. The van der Waals surface area contributed by atoms with Crippen LogP contribution in [0.5, 0.6) is 0 Å². The van der Waals surface area contributed by atoms with Gasteiger partial charge in [-0.25, -0.2) is 0 Å². The van der Waals surface area contributed by atoms with Crippen molar-refractivity contribution in [1.82, 2.24) is 5.48 Å². The summed E-state index contributed by atoms with van der Waals surface area (Å²) >= 11 is 0. The van der Waals surface area contributed by atoms with Gasteiger partial charge >= 0.3 is 5.97 Å². The Kier molecular flexibility index (Phi) is 4.10. The maximum Gasteiger partial charge on any atom is 0.325 e. The van der Waals surface area contributed by atoms with E-state index in [0.717, 1.165) is 5.56 Å². The SMILES string of the molecule is COC(=O)C(Cc1ccccc1)NO. The molecule has 4 heteroatoms. The summed E-state index contributed by atoms with van der Waals surface area (Å²) in [5, 5.41) is 8.74. The van der Waals surface area contributed by atoms with E-state index in [1.165, 1.54) is 7.11 Å². The van der Waals surface area contributed by atoms with Gasteiger partial charge in [-0.15, -0.1) is 0 Å². The molecule has 1 unspecified atom stereocenters. The zero-order valence-corrected chi connectivity index (χ0v) is 7.93. The molecule has 0 aromatic heterocycles. The summed E-state index contributed by atoms with van der Waals surface area (Å²) in [5.74, 6) is -0.476. The second kappa shape index (κ2) is 5.36. The fraction of sp³-hybridized carbons (Fsp3) is 0.300. The van der Waals surface area contributed by atoms with Gasteiger partial charge in [0.2, 0.25) is 0 Å². The Morgan fingerprint density at radius 2 is 2.14 bits per heavy atom. The zero-order chi connectivity index (χ0) is 10.4. The first-order valence-electron chi connectivity index (χ1n) is 4.29. The minimum absolute atomic E-state index is 0.407. The van der Waals surface area contributed by atoms with Crippen LogP contribution in [0.1, 0.15) is 5.56 Å². The maximum atomic E-state index is 11.1. The van der Waals surface area contributed by atoms with E-state index < -0.39 is 12.0 Å². The van der Waals surface area contributed by atoms with Crippen LogP contribution in [0.2, 0.25) is 0 Å². The Labute approximate surface area is 82.5 Å². The third-order valence-corrected chi connectivity index (χ3v) is 1.92. The van der Waals surface area contributed by atoms with Gasteiger partial charge in [-0.1, -0.05) is 30.3 Å². The Morgan fingerprint density at radius 1 is 1.50 bits per heavy atom. The molecule has 0 aliphatic carbocycles. The molecule has 14 heavy (non-hydrogen) atoms. The van der Waals surface area contributed by atoms with E-state index in [-0.39, 0.29) is 0 Å². The Hall–Kier alpha value is -1.39. The van der Waals surface area contributed by atoms with Crippen LogP contribution in [0.4, 0.5) is 0 Å². The molecule has 1 aromatic rings. The fourth-order valence-electron chi connectivity index (χ4n) is 1.17. The predicted molar refractivity (Wildman–Crippen MR) is 50.9 cm³/mol. The normalized spacial score (nSPS) is 12.1. The van der Waals surface area contributed by atoms with Gasteiger partial charge in [0.15, 0.2) is 0 Å². The maximum absolute atomic E-state index is 11.1. The lowest BCUT2D eigenvalue weighted by atomic mass is 10.1. The van der Waals surface area contributed by atoms with Crippen molar-refractivity contribution in [2.24, 2.45) is 0 Å². The van der Waals surface area contributed by atoms with Gasteiger partial charge in [0.25, 0.3) is 0 Å². The van der Waals surface area contributed by atoms with Gasteiger partial charge in [-0.3, -0.25) is 4.79 Å². The number of carbonyl (C=O) groups excluding carboxylic acids is 1. The number of esters is 1. The zero-order valence-electron chi connectivity index (χ0n) is 7.93. The summed E-state index contributed by atoms with van der Waals surface area (Å²) in [5.41, 5.74) is 2.89. The largest absolute Gasteiger partial charge is 0.468 e. The standard InChI is InChI=1S/C10H13NO3/c1-14-10(12)9(11-13)7-8-5-3-2-4-6-8/h2-6,9,11,13H,7H2,1H3. The average molecular weight is 195 g/mol. The van der Waals surface area contributed by atoms with E-state index in [9.17, 15) is 4.79 Å². The average Bonchev–Trinajstić information content (AvgIpc) is 2.26. The molecule has 76 valence electrons. The predicted octanol–water partition coefficient (Wildman–Crippen LogP) is 0.749. The summed E-state index contributed by atoms with van der Waals surface area (Å²) in [7, 11) is 1.29. The number of carbonyl (C=O) groups is 1. The first kappa shape index (κ1) is 10.7. The van der Waals surface area contributed by atoms with Crippen LogP contribution in [0.25, 0.3) is 0 Å². The van der Waals surface area contributed by atoms with Crippen molar-refractivity contribution < 1.29 is 14.7 Å². The first-order valence-corrected chi connectivity index (χ1v) is 4.29. The van der Waals surface area contributed by atoms with Crippen LogP contribution in [-0.2, 0) is 16.0 Å². The smallest absolute Gasteiger partial charge is 0.325 e. The molecule has 0 amide bonds. The highest BCUT2D eigenvalue weighted by atomic mass is 16.5. The lowest BCUT2D eigenvalue weighted by Gasteiger charge is -2.11. The van der Waals surface area contributed by atoms with Crippen molar-refractivity contribution in [1.29, 1.82) is 0 Å². The van der Waals surface area contributed by atoms with Gasteiger partial charge < -0.3 is 9.94 Å². The van der Waals surface area contributed by atoms with Crippen LogP contribution in [-0.4, -0.2) is 24.3 Å². The van der Waals surface area contributed by atoms with Crippen molar-refractivity contribution in [3.05, 3.63) is 35.9 Å². The topological polar surface area (TPSA) is 58.6 Å². The lowest BCUT2D eigenvalue weighted by Crippen LogP contribution is -2.37. The van der Waals surface area contributed by atoms with Gasteiger partial charge in [0.05, 0.1) is 7.11 Å². The fourth-order valence-corrected chi connectivity index (χ4v) is 1.17. The summed E-state index contributed by atoms with van der Waals surface area (Å²) in [6.45, 7) is 0. The molecule has 0 heterocycles. The third kappa shape index (κ3) is 2.83. The molecule has 0 radical (unpaired) electrons. The van der Waals surface area contributed by atoms with Gasteiger partial charge in [0, 0.05) is 6.42 Å². The molecule has 1 aromatic carbocycles. The molecule has 0 bridgehead atoms. The van der Waals surface area contributed by atoms with E-state index in [4.69, 9.17) is 5.21 Å². The number of hydrogen-bond acceptors (Lipinski definition) is 4. The van der Waals surface area contributed by atoms with E-state index in [2.05, 4.69) is 4.74 Å². The number of benzene rings is 1. The molecule has 0 aliphatic rings. The Balaban J connectivity index is 2.62. The number of methoxy groups -OCH3 is 1. The number of rotatable bonds is 4. The summed E-state index contributed by atoms with van der Waals surface area (Å²) in [6.07, 6.45) is 0.407. The molecule has 4 nitrogen and oxygen atoms in total. The monoisotopic (exact) mass is 195 g/mol. The molecule has 0 aliphatic heterocycles. The molecule has 0 spiro atoms. The molecule has 0 fully saturated rings. The summed E-state index contributed by atoms with van der Waals surface area (Å²) < 4.78 is 4.51. The van der Waals surface area contributed by atoms with Crippen molar-refractivity contribution in [3.63, 3.8) is 0 Å². The molecule has 1 rings (SSSR count). The van der Waals surface area contributed by atoms with Gasteiger partial charge in [0.1, 0.15) is 6.04 Å². The van der Waals surface area contributed by atoms with E-state index in [1.807, 2.05) is 35.8 Å². The highest BCUT2D eigenvalue weighted by Crippen LogP contribution is 2.03. The van der Waals surface area contributed by atoms with Crippen LogP contribution >= 0.6 is 0 Å². The van der Waals surface area contributed by atoms with E-state index in [1.54, 1.807) is 0 Å². The summed E-state index contributed by atoms with van der Waals surface area (Å²) in [6, 6.07) is 8.70. The van der Waals surface area contributed by atoms with Crippen LogP contribution in [0.3, 0.4) is 0 Å². The second-order valence-corrected chi connectivity index (χ2v) is 2.89. The Bertz CT molecular complexity index is 287. The van der Waals surface area contributed by atoms with Crippen molar-refractivity contribution in [2.75, 3.05) is 7.11 Å². The summed E-state index contributed by atoms with van der Waals surface area (Å²) in [4.78, 5) is 11.1. The molecule has 0 saturated carbocycles. The van der Waals surface area contributed by atoms with Crippen LogP contribution < -0.4 is 5.48 Å². The highest BCUT2D eigenvalue weighted by Gasteiger charge is 2.17. The minimum atomic E-state index is -0.706. The number of hydroxylamine groups is 1. The number of ether oxygens (including phenoxy) is 1. The van der Waals surface area contributed by atoms with Crippen molar-refractivity contribution >= 4 is 5.97 Å². The van der Waals surface area contributed by atoms with Crippen molar-refractivity contribution in [3.8, 4) is 0 Å². The van der Waals surface area contributed by atoms with Gasteiger partial charge in [-0.05, 0) is 5.56 Å². The van der Waals surface area contributed by atoms with Gasteiger partial charge in [-0.2, -0.15) is 5.48 Å². The number of hydrogen-bond donors (Lipinski definition) is 2. The molecule has 1 atom stereocenters. The second-order valence-electron chi connectivity index (χ2n) is 2.89. The Morgan fingerprint density at radius 3 is 2.64 bits per heavy atom. The first-order chi connectivity index (χ1) is 6.77. The molecular formula is C10H13NO3. The van der Waals surface area contributed by atoms with Crippen LogP contribution in [0, 0.1) is 0 Å². The van der Waals surface area contributed by atoms with E-state index >= 15 is 0 Å². The minimum Gasteiger partial charge on any atom is -0.468 e. The highest BCUT2D eigenvalue weighted by molar-refractivity contribution is 5.75. The molecule has 0 saturated heterocycles. The van der Waals surface area contributed by atoms with Crippen molar-refractivity contribution in [2.45, 2.75) is 12.5 Å². The van der Waals surface area contributed by atoms with Crippen LogP contribution in [0.15, 0.2) is 30.3 Å². The molecule has 2 N–H and O–H groups in total. The lowest BCUT2D eigenvalue weighted by molar-refractivity contribution is -0.145.